The minimum atomic E-state index is -0.587. The number of aromatic nitrogens is 1. The van der Waals surface area contributed by atoms with Gasteiger partial charge in [-0.15, -0.1) is 0 Å². The third kappa shape index (κ3) is 3.63. The molecule has 0 saturated carbocycles. The summed E-state index contributed by atoms with van der Waals surface area (Å²) >= 11 is 6.06. The van der Waals surface area contributed by atoms with Crippen molar-refractivity contribution in [3.8, 4) is 0 Å². The molecule has 0 bridgehead atoms. The molecule has 26 heavy (non-hydrogen) atoms. The van der Waals surface area contributed by atoms with Crippen LogP contribution in [0.15, 0.2) is 53.4 Å². The van der Waals surface area contributed by atoms with Gasteiger partial charge in [0.1, 0.15) is 16.8 Å². The number of halogens is 3. The minimum Gasteiger partial charge on any atom is -0.261 e. The molecular weight excluding hydrogens is 356 g/mol. The SMILES string of the molecule is CC/C=C1/C=CC(Cl)=NN1C(CC)Cc1c(F)cc2ncccc2c1F. The zero-order chi connectivity index (χ0) is 18.7. The summed E-state index contributed by atoms with van der Waals surface area (Å²) in [7, 11) is 0. The molecule has 1 aromatic carbocycles. The first-order valence-electron chi connectivity index (χ1n) is 8.68. The van der Waals surface area contributed by atoms with E-state index in [1.165, 1.54) is 12.3 Å². The van der Waals surface area contributed by atoms with E-state index in [0.29, 0.717) is 22.5 Å². The zero-order valence-electron chi connectivity index (χ0n) is 14.7. The lowest BCUT2D eigenvalue weighted by atomic mass is 9.99. The van der Waals surface area contributed by atoms with Crippen LogP contribution in [-0.4, -0.2) is 21.2 Å². The van der Waals surface area contributed by atoms with E-state index >= 15 is 0 Å². The number of fused-ring (bicyclic) bond motifs is 1. The summed E-state index contributed by atoms with van der Waals surface area (Å²) in [5.41, 5.74) is 1.24. The van der Waals surface area contributed by atoms with Crippen LogP contribution in [0.1, 0.15) is 32.3 Å². The van der Waals surface area contributed by atoms with Gasteiger partial charge in [0.25, 0.3) is 0 Å². The molecule has 1 aromatic heterocycles. The van der Waals surface area contributed by atoms with Crippen LogP contribution in [-0.2, 0) is 6.42 Å². The van der Waals surface area contributed by atoms with Crippen molar-refractivity contribution >= 4 is 27.7 Å². The smallest absolute Gasteiger partial charge is 0.149 e. The molecule has 1 aliphatic rings. The van der Waals surface area contributed by atoms with Crippen molar-refractivity contribution in [2.75, 3.05) is 0 Å². The van der Waals surface area contributed by atoms with E-state index < -0.39 is 11.6 Å². The average molecular weight is 376 g/mol. The van der Waals surface area contributed by atoms with Gasteiger partial charge < -0.3 is 0 Å². The van der Waals surface area contributed by atoms with E-state index in [-0.39, 0.29) is 18.0 Å². The molecule has 136 valence electrons. The van der Waals surface area contributed by atoms with Crippen LogP contribution in [0.2, 0.25) is 0 Å². The molecule has 1 unspecified atom stereocenters. The number of hydrogen-bond donors (Lipinski definition) is 0. The quantitative estimate of drug-likeness (QED) is 0.685. The van der Waals surface area contributed by atoms with Gasteiger partial charge in [-0.05, 0) is 37.1 Å². The van der Waals surface area contributed by atoms with E-state index in [1.54, 1.807) is 23.2 Å². The molecule has 1 aliphatic heterocycles. The summed E-state index contributed by atoms with van der Waals surface area (Å²) in [5.74, 6) is -1.15. The molecule has 0 saturated heterocycles. The second-order valence-corrected chi connectivity index (χ2v) is 6.51. The molecule has 3 rings (SSSR count). The highest BCUT2D eigenvalue weighted by molar-refractivity contribution is 6.68. The van der Waals surface area contributed by atoms with Gasteiger partial charge in [0, 0.05) is 29.6 Å². The summed E-state index contributed by atoms with van der Waals surface area (Å²) < 4.78 is 29.5. The van der Waals surface area contributed by atoms with E-state index in [2.05, 4.69) is 10.1 Å². The predicted molar refractivity (Wildman–Crippen MR) is 102 cm³/mol. The number of nitrogens with zero attached hydrogens (tertiary/aromatic N) is 3. The first kappa shape index (κ1) is 18.5. The van der Waals surface area contributed by atoms with Gasteiger partial charge in [-0.25, -0.2) is 8.78 Å². The van der Waals surface area contributed by atoms with E-state index in [4.69, 9.17) is 11.6 Å². The first-order chi connectivity index (χ1) is 12.5. The molecule has 3 nitrogen and oxygen atoms in total. The molecule has 0 N–H and O–H groups in total. The average Bonchev–Trinajstić information content (AvgIpc) is 2.64. The largest absolute Gasteiger partial charge is 0.261 e. The molecule has 0 radical (unpaired) electrons. The standard InChI is InChI=1S/C20H20ClF2N3/c1-3-6-14-8-9-19(21)25-26(14)13(4-2)11-16-17(22)12-18-15(20(16)23)7-5-10-24-18/h5-10,12-13H,3-4,11H2,1-2H3/b14-6-. The van der Waals surface area contributed by atoms with E-state index in [1.807, 2.05) is 26.0 Å². The Morgan fingerprint density at radius 3 is 2.81 bits per heavy atom. The molecule has 2 aromatic rings. The second kappa shape index (κ2) is 7.96. The van der Waals surface area contributed by atoms with Crippen molar-refractivity contribution in [1.29, 1.82) is 0 Å². The normalized spacial score (nSPS) is 17.0. The van der Waals surface area contributed by atoms with Gasteiger partial charge in [0.05, 0.1) is 17.3 Å². The molecule has 0 aliphatic carbocycles. The Labute approximate surface area is 156 Å². The van der Waals surface area contributed by atoms with Gasteiger partial charge in [-0.1, -0.05) is 31.5 Å². The number of benzene rings is 1. The molecule has 0 amide bonds. The van der Waals surface area contributed by atoms with Gasteiger partial charge in [0.2, 0.25) is 0 Å². The van der Waals surface area contributed by atoms with Crippen LogP contribution in [0.25, 0.3) is 10.9 Å². The monoisotopic (exact) mass is 375 g/mol. The van der Waals surface area contributed by atoms with Crippen LogP contribution < -0.4 is 0 Å². The van der Waals surface area contributed by atoms with E-state index in [0.717, 1.165) is 12.1 Å². The van der Waals surface area contributed by atoms with Crippen molar-refractivity contribution in [3.63, 3.8) is 0 Å². The second-order valence-electron chi connectivity index (χ2n) is 6.13. The Bertz CT molecular complexity index is 905. The number of allylic oxidation sites excluding steroid dienone is 3. The fraction of sp³-hybridized carbons (Fsp3) is 0.300. The van der Waals surface area contributed by atoms with Crippen molar-refractivity contribution in [2.45, 2.75) is 39.2 Å². The number of pyridine rings is 1. The van der Waals surface area contributed by atoms with Crippen LogP contribution in [0.3, 0.4) is 0 Å². The Morgan fingerprint density at radius 2 is 2.08 bits per heavy atom. The van der Waals surface area contributed by atoms with Gasteiger partial charge in [-0.2, -0.15) is 5.10 Å². The summed E-state index contributed by atoms with van der Waals surface area (Å²) in [5, 5.41) is 6.81. The fourth-order valence-electron chi connectivity index (χ4n) is 3.11. The predicted octanol–water partition coefficient (Wildman–Crippen LogP) is 5.55. The maximum Gasteiger partial charge on any atom is 0.149 e. The first-order valence-corrected chi connectivity index (χ1v) is 9.06. The summed E-state index contributed by atoms with van der Waals surface area (Å²) in [4.78, 5) is 4.03. The van der Waals surface area contributed by atoms with E-state index in [9.17, 15) is 8.78 Å². The lowest BCUT2D eigenvalue weighted by Crippen LogP contribution is -2.33. The fourth-order valence-corrected chi connectivity index (χ4v) is 3.25. The molecule has 0 fully saturated rings. The highest BCUT2D eigenvalue weighted by Gasteiger charge is 2.25. The molecular formula is C20H20ClF2N3. The molecule has 1 atom stereocenters. The maximum atomic E-state index is 14.9. The maximum absolute atomic E-state index is 14.9. The topological polar surface area (TPSA) is 28.5 Å². The summed E-state index contributed by atoms with van der Waals surface area (Å²) in [6.45, 7) is 3.99. The van der Waals surface area contributed by atoms with Crippen molar-refractivity contribution < 1.29 is 8.78 Å². The lowest BCUT2D eigenvalue weighted by Gasteiger charge is -2.31. The van der Waals surface area contributed by atoms with Gasteiger partial charge in [-0.3, -0.25) is 9.99 Å². The zero-order valence-corrected chi connectivity index (χ0v) is 15.5. The van der Waals surface area contributed by atoms with Crippen LogP contribution >= 0.6 is 11.6 Å². The highest BCUT2D eigenvalue weighted by Crippen LogP contribution is 2.28. The Hall–Kier alpha value is -2.27. The Balaban J connectivity index is 1.99. The summed E-state index contributed by atoms with van der Waals surface area (Å²) in [6, 6.07) is 4.33. The van der Waals surface area contributed by atoms with Crippen molar-refractivity contribution in [1.82, 2.24) is 9.99 Å². The third-order valence-electron chi connectivity index (χ3n) is 4.42. The molecule has 0 spiro atoms. The number of hydrazone groups is 1. The number of rotatable bonds is 5. The highest BCUT2D eigenvalue weighted by atomic mass is 35.5. The third-order valence-corrected chi connectivity index (χ3v) is 4.62. The van der Waals surface area contributed by atoms with Gasteiger partial charge in [0.15, 0.2) is 0 Å². The molecule has 6 heteroatoms. The van der Waals surface area contributed by atoms with Crippen LogP contribution in [0.4, 0.5) is 8.78 Å². The Morgan fingerprint density at radius 1 is 1.27 bits per heavy atom. The van der Waals surface area contributed by atoms with Crippen molar-refractivity contribution in [3.05, 3.63) is 65.5 Å². The Kier molecular flexibility index (Phi) is 5.67. The number of hydrogen-bond acceptors (Lipinski definition) is 3. The van der Waals surface area contributed by atoms with Crippen molar-refractivity contribution in [2.24, 2.45) is 5.10 Å². The van der Waals surface area contributed by atoms with Crippen LogP contribution in [0.5, 0.6) is 0 Å². The minimum absolute atomic E-state index is 0.0501. The van der Waals surface area contributed by atoms with Crippen LogP contribution in [0, 0.1) is 11.6 Å². The van der Waals surface area contributed by atoms with Gasteiger partial charge >= 0.3 is 0 Å². The lowest BCUT2D eigenvalue weighted by molar-refractivity contribution is 0.257. The summed E-state index contributed by atoms with van der Waals surface area (Å²) in [6.07, 6.45) is 8.79. The molecule has 2 heterocycles.